The molecule has 1 nitrogen and oxygen atoms in total. The Hall–Kier alpha value is -0.920. The molecule has 0 N–H and O–H groups in total. The molecule has 1 aromatic rings. The van der Waals surface area contributed by atoms with Crippen LogP contribution in [-0.4, -0.2) is 4.98 Å². The van der Waals surface area contributed by atoms with E-state index in [9.17, 15) is 4.39 Å². The van der Waals surface area contributed by atoms with Gasteiger partial charge in [-0.1, -0.05) is 70.8 Å². The van der Waals surface area contributed by atoms with Crippen molar-refractivity contribution in [3.8, 4) is 0 Å². The molecule has 1 aromatic heterocycles. The Kier molecular flexibility index (Phi) is 8.61. The van der Waals surface area contributed by atoms with Gasteiger partial charge in [0.05, 0.1) is 0 Å². The van der Waals surface area contributed by atoms with E-state index in [4.69, 9.17) is 0 Å². The Labute approximate surface area is 166 Å². The van der Waals surface area contributed by atoms with Crippen molar-refractivity contribution >= 4 is 0 Å². The first-order valence-corrected chi connectivity index (χ1v) is 11.9. The van der Waals surface area contributed by atoms with Gasteiger partial charge in [0, 0.05) is 6.20 Å². The normalized spacial score (nSPS) is 29.0. The van der Waals surface area contributed by atoms with Gasteiger partial charge in [0.15, 0.2) is 0 Å². The highest BCUT2D eigenvalue weighted by molar-refractivity contribution is 5.15. The maximum Gasteiger partial charge on any atom is 0.212 e. The molecule has 2 heteroatoms. The Morgan fingerprint density at radius 3 is 2.07 bits per heavy atom. The number of aromatic nitrogens is 1. The number of hydrogen-bond acceptors (Lipinski definition) is 1. The highest BCUT2D eigenvalue weighted by atomic mass is 19.1. The van der Waals surface area contributed by atoms with Gasteiger partial charge in [-0.25, -0.2) is 4.98 Å². The van der Waals surface area contributed by atoms with Crippen molar-refractivity contribution in [1.29, 1.82) is 0 Å². The van der Waals surface area contributed by atoms with Crippen LogP contribution < -0.4 is 0 Å². The van der Waals surface area contributed by atoms with Gasteiger partial charge in [-0.15, -0.1) is 0 Å². The van der Waals surface area contributed by atoms with Crippen molar-refractivity contribution in [3.05, 3.63) is 29.8 Å². The molecule has 1 heterocycles. The van der Waals surface area contributed by atoms with Crippen LogP contribution in [-0.2, 0) is 0 Å². The summed E-state index contributed by atoms with van der Waals surface area (Å²) in [6, 6.07) is 3.47. The minimum atomic E-state index is -0.356. The number of halogens is 1. The quantitative estimate of drug-likeness (QED) is 0.315. The Morgan fingerprint density at radius 2 is 1.44 bits per heavy atom. The van der Waals surface area contributed by atoms with E-state index in [1.807, 2.05) is 6.07 Å². The number of pyridine rings is 1. The zero-order valence-corrected chi connectivity index (χ0v) is 17.5. The van der Waals surface area contributed by atoms with E-state index in [1.54, 1.807) is 6.20 Å². The van der Waals surface area contributed by atoms with Crippen molar-refractivity contribution in [2.75, 3.05) is 0 Å². The van der Waals surface area contributed by atoms with Crippen LogP contribution in [0.4, 0.5) is 4.39 Å². The van der Waals surface area contributed by atoms with Crippen LogP contribution in [0.2, 0.25) is 0 Å². The Balaban J connectivity index is 1.31. The summed E-state index contributed by atoms with van der Waals surface area (Å²) >= 11 is 0. The third-order valence-electron chi connectivity index (χ3n) is 7.52. The van der Waals surface area contributed by atoms with E-state index >= 15 is 0 Å². The summed E-state index contributed by atoms with van der Waals surface area (Å²) in [6.07, 6.45) is 23.1. The molecule has 0 amide bonds. The molecule has 0 aromatic carbocycles. The van der Waals surface area contributed by atoms with Gasteiger partial charge < -0.3 is 0 Å². The fourth-order valence-electron chi connectivity index (χ4n) is 5.71. The topological polar surface area (TPSA) is 12.9 Å². The van der Waals surface area contributed by atoms with Crippen molar-refractivity contribution < 1.29 is 4.39 Å². The predicted molar refractivity (Wildman–Crippen MR) is 112 cm³/mol. The average molecular weight is 374 g/mol. The number of unbranched alkanes of at least 4 members (excludes halogenated alkanes) is 5. The van der Waals surface area contributed by atoms with Crippen molar-refractivity contribution in [2.24, 2.45) is 17.8 Å². The highest BCUT2D eigenvalue weighted by Gasteiger charge is 2.31. The molecule has 0 atom stereocenters. The molecule has 0 aliphatic heterocycles. The fourth-order valence-corrected chi connectivity index (χ4v) is 5.71. The number of rotatable bonds is 9. The summed E-state index contributed by atoms with van der Waals surface area (Å²) in [7, 11) is 0. The standard InChI is InChI=1S/C25H40FN/c1-2-3-4-5-6-7-8-20-9-11-21(12-10-20)22-13-15-23(16-14-22)24-17-18-25(26)27-19-24/h17-23H,2-16H2,1H3. The molecule has 2 aliphatic carbocycles. The van der Waals surface area contributed by atoms with Crippen LogP contribution in [0.15, 0.2) is 18.3 Å². The molecular formula is C25H40FN. The average Bonchev–Trinajstić information content (AvgIpc) is 2.72. The summed E-state index contributed by atoms with van der Waals surface area (Å²) in [5, 5.41) is 0. The van der Waals surface area contributed by atoms with Gasteiger partial charge >= 0.3 is 0 Å². The van der Waals surface area contributed by atoms with Crippen molar-refractivity contribution in [1.82, 2.24) is 4.98 Å². The Morgan fingerprint density at radius 1 is 0.815 bits per heavy atom. The summed E-state index contributed by atoms with van der Waals surface area (Å²) in [4.78, 5) is 3.85. The van der Waals surface area contributed by atoms with E-state index in [0.717, 1.165) is 17.8 Å². The van der Waals surface area contributed by atoms with Gasteiger partial charge in [-0.05, 0) is 73.8 Å². The minimum absolute atomic E-state index is 0.356. The number of nitrogens with zero attached hydrogens (tertiary/aromatic N) is 1. The summed E-state index contributed by atoms with van der Waals surface area (Å²) < 4.78 is 13.0. The lowest BCUT2D eigenvalue weighted by Crippen LogP contribution is -2.25. The van der Waals surface area contributed by atoms with E-state index in [2.05, 4.69) is 11.9 Å². The largest absolute Gasteiger partial charge is 0.228 e. The van der Waals surface area contributed by atoms with Gasteiger partial charge in [0.2, 0.25) is 5.95 Å². The van der Waals surface area contributed by atoms with Crippen molar-refractivity contribution in [3.63, 3.8) is 0 Å². The van der Waals surface area contributed by atoms with Crippen LogP contribution in [0.5, 0.6) is 0 Å². The smallest absolute Gasteiger partial charge is 0.212 e. The Bertz CT molecular complexity index is 510. The molecule has 3 rings (SSSR count). The van der Waals surface area contributed by atoms with Crippen LogP contribution in [0.25, 0.3) is 0 Å². The van der Waals surface area contributed by atoms with Crippen molar-refractivity contribution in [2.45, 2.75) is 109 Å². The second-order valence-corrected chi connectivity index (χ2v) is 9.36. The first-order chi connectivity index (χ1) is 13.3. The zero-order chi connectivity index (χ0) is 18.9. The lowest BCUT2D eigenvalue weighted by atomic mass is 9.68. The van der Waals surface area contributed by atoms with E-state index in [0.29, 0.717) is 5.92 Å². The molecule has 0 saturated heterocycles. The van der Waals surface area contributed by atoms with Crippen LogP contribution >= 0.6 is 0 Å². The molecule has 2 aliphatic rings. The van der Waals surface area contributed by atoms with E-state index < -0.39 is 0 Å². The third-order valence-corrected chi connectivity index (χ3v) is 7.52. The molecule has 0 unspecified atom stereocenters. The molecule has 27 heavy (non-hydrogen) atoms. The second-order valence-electron chi connectivity index (χ2n) is 9.36. The van der Waals surface area contributed by atoms with Gasteiger partial charge in [0.1, 0.15) is 0 Å². The molecule has 152 valence electrons. The van der Waals surface area contributed by atoms with Crippen LogP contribution in [0, 0.1) is 23.7 Å². The minimum Gasteiger partial charge on any atom is -0.228 e. The predicted octanol–water partition coefficient (Wildman–Crippen LogP) is 8.05. The maximum absolute atomic E-state index is 13.0. The maximum atomic E-state index is 13.0. The van der Waals surface area contributed by atoms with Crippen LogP contribution in [0.1, 0.15) is 115 Å². The third kappa shape index (κ3) is 6.57. The molecule has 0 bridgehead atoms. The lowest BCUT2D eigenvalue weighted by Gasteiger charge is -2.38. The van der Waals surface area contributed by atoms with Gasteiger partial charge in [-0.3, -0.25) is 0 Å². The first kappa shape index (κ1) is 20.8. The fraction of sp³-hybridized carbons (Fsp3) is 0.800. The molecule has 2 fully saturated rings. The van der Waals surface area contributed by atoms with E-state index in [1.165, 1.54) is 108 Å². The highest BCUT2D eigenvalue weighted by Crippen LogP contribution is 2.44. The molecular weight excluding hydrogens is 333 g/mol. The van der Waals surface area contributed by atoms with Crippen LogP contribution in [0.3, 0.4) is 0 Å². The number of hydrogen-bond donors (Lipinski definition) is 0. The monoisotopic (exact) mass is 373 g/mol. The SMILES string of the molecule is CCCCCCCCC1CCC(C2CCC(c3ccc(F)nc3)CC2)CC1. The first-order valence-electron chi connectivity index (χ1n) is 11.9. The zero-order valence-electron chi connectivity index (χ0n) is 17.5. The summed E-state index contributed by atoms with van der Waals surface area (Å²) in [6.45, 7) is 2.30. The lowest BCUT2D eigenvalue weighted by molar-refractivity contribution is 0.155. The second kappa shape index (κ2) is 11.2. The van der Waals surface area contributed by atoms with Gasteiger partial charge in [-0.2, -0.15) is 4.39 Å². The molecule has 0 radical (unpaired) electrons. The molecule has 2 saturated carbocycles. The molecule has 0 spiro atoms. The summed E-state index contributed by atoms with van der Waals surface area (Å²) in [5.41, 5.74) is 1.25. The summed E-state index contributed by atoms with van der Waals surface area (Å²) in [5.74, 6) is 3.21. The van der Waals surface area contributed by atoms with Gasteiger partial charge in [0.25, 0.3) is 0 Å². The van der Waals surface area contributed by atoms with E-state index in [-0.39, 0.29) is 5.95 Å².